The fourth-order valence-corrected chi connectivity index (χ4v) is 3.88. The number of carbonyl (C=O) groups is 1. The molecule has 0 bridgehead atoms. The van der Waals surface area contributed by atoms with Crippen molar-refractivity contribution in [2.24, 2.45) is 0 Å². The van der Waals surface area contributed by atoms with E-state index in [-0.39, 0.29) is 17.3 Å². The van der Waals surface area contributed by atoms with Gasteiger partial charge < -0.3 is 5.32 Å². The Morgan fingerprint density at radius 1 is 1.17 bits per heavy atom. The van der Waals surface area contributed by atoms with Crippen LogP contribution < -0.4 is 5.32 Å². The van der Waals surface area contributed by atoms with Crippen molar-refractivity contribution in [3.63, 3.8) is 0 Å². The Morgan fingerprint density at radius 3 is 2.65 bits per heavy atom. The number of hydrogen-bond donors (Lipinski definition) is 1. The number of halogens is 2. The molecule has 1 amide bonds. The predicted octanol–water partition coefficient (Wildman–Crippen LogP) is 4.45. The molecule has 0 fully saturated rings. The van der Waals surface area contributed by atoms with Gasteiger partial charge in [-0.15, -0.1) is 23.1 Å². The monoisotopic (exact) mass is 350 g/mol. The molecule has 1 heterocycles. The van der Waals surface area contributed by atoms with Gasteiger partial charge in [-0.3, -0.25) is 4.79 Å². The molecular weight excluding hydrogens is 338 g/mol. The number of anilines is 1. The van der Waals surface area contributed by atoms with Crippen molar-refractivity contribution in [2.75, 3.05) is 11.1 Å². The number of amides is 1. The summed E-state index contributed by atoms with van der Waals surface area (Å²) in [5, 5.41) is 3.42. The molecule has 0 atom stereocenters. The van der Waals surface area contributed by atoms with Crippen LogP contribution in [0.4, 0.5) is 14.5 Å². The molecule has 0 spiro atoms. The normalized spacial score (nSPS) is 10.9. The van der Waals surface area contributed by atoms with Gasteiger partial charge in [0.05, 0.1) is 16.0 Å². The molecule has 0 unspecified atom stereocenters. The standard InChI is InChI=1S/C16H12F2N2OS2/c17-10-5-11(18)7-12(6-10)19-15(21)8-22-9-16-20-13-3-1-2-4-14(13)23-16/h1-7H,8-9H2,(H,19,21). The summed E-state index contributed by atoms with van der Waals surface area (Å²) in [6.45, 7) is 0. The van der Waals surface area contributed by atoms with Gasteiger partial charge in [0.15, 0.2) is 0 Å². The molecule has 7 heteroatoms. The number of benzene rings is 2. The van der Waals surface area contributed by atoms with Gasteiger partial charge in [0.1, 0.15) is 16.6 Å². The van der Waals surface area contributed by atoms with Gasteiger partial charge in [-0.05, 0) is 24.3 Å². The van der Waals surface area contributed by atoms with Crippen LogP contribution in [0, 0.1) is 11.6 Å². The molecule has 0 radical (unpaired) electrons. The van der Waals surface area contributed by atoms with E-state index < -0.39 is 11.6 Å². The summed E-state index contributed by atoms with van der Waals surface area (Å²) in [6, 6.07) is 10.8. The van der Waals surface area contributed by atoms with Gasteiger partial charge in [0.2, 0.25) is 5.91 Å². The molecule has 3 nitrogen and oxygen atoms in total. The number of nitrogens with zero attached hydrogens (tertiary/aromatic N) is 1. The van der Waals surface area contributed by atoms with Gasteiger partial charge in [0, 0.05) is 17.5 Å². The second-order valence-corrected chi connectivity index (χ2v) is 6.88. The fraction of sp³-hybridized carbons (Fsp3) is 0.125. The van der Waals surface area contributed by atoms with E-state index in [0.29, 0.717) is 5.75 Å². The lowest BCUT2D eigenvalue weighted by molar-refractivity contribution is -0.113. The first-order chi connectivity index (χ1) is 11.1. The number of thiazole rings is 1. The van der Waals surface area contributed by atoms with Gasteiger partial charge in [-0.1, -0.05) is 12.1 Å². The number of aromatic nitrogens is 1. The Kier molecular flexibility index (Phi) is 4.88. The summed E-state index contributed by atoms with van der Waals surface area (Å²) in [6.07, 6.45) is 0. The summed E-state index contributed by atoms with van der Waals surface area (Å²) < 4.78 is 27.2. The number of thioether (sulfide) groups is 1. The quantitative estimate of drug-likeness (QED) is 0.739. The maximum atomic E-state index is 13.0. The first-order valence-corrected chi connectivity index (χ1v) is 8.75. The molecule has 118 valence electrons. The minimum atomic E-state index is -0.720. The largest absolute Gasteiger partial charge is 0.325 e. The first kappa shape index (κ1) is 15.9. The molecule has 3 rings (SSSR count). The van der Waals surface area contributed by atoms with E-state index >= 15 is 0 Å². The Balaban J connectivity index is 1.52. The molecular formula is C16H12F2N2OS2. The third-order valence-electron chi connectivity index (χ3n) is 2.94. The highest BCUT2D eigenvalue weighted by Gasteiger charge is 2.08. The SMILES string of the molecule is O=C(CSCc1nc2ccccc2s1)Nc1cc(F)cc(F)c1. The summed E-state index contributed by atoms with van der Waals surface area (Å²) in [4.78, 5) is 16.3. The maximum Gasteiger partial charge on any atom is 0.234 e. The molecule has 23 heavy (non-hydrogen) atoms. The average Bonchev–Trinajstić information content (AvgIpc) is 2.88. The Morgan fingerprint density at radius 2 is 1.91 bits per heavy atom. The number of carbonyl (C=O) groups excluding carboxylic acids is 1. The van der Waals surface area contributed by atoms with E-state index in [9.17, 15) is 13.6 Å². The zero-order chi connectivity index (χ0) is 16.2. The number of para-hydroxylation sites is 1. The smallest absolute Gasteiger partial charge is 0.234 e. The van der Waals surface area contributed by atoms with Crippen LogP contribution in [-0.2, 0) is 10.5 Å². The van der Waals surface area contributed by atoms with Crippen molar-refractivity contribution < 1.29 is 13.6 Å². The molecule has 0 saturated heterocycles. The van der Waals surface area contributed by atoms with E-state index in [1.807, 2.05) is 24.3 Å². The van der Waals surface area contributed by atoms with E-state index in [1.54, 1.807) is 11.3 Å². The van der Waals surface area contributed by atoms with Crippen LogP contribution in [0.5, 0.6) is 0 Å². The molecule has 1 N–H and O–H groups in total. The molecule has 1 aromatic heterocycles. The molecule has 0 saturated carbocycles. The minimum Gasteiger partial charge on any atom is -0.325 e. The summed E-state index contributed by atoms with van der Waals surface area (Å²) in [5.41, 5.74) is 1.07. The maximum absolute atomic E-state index is 13.0. The molecule has 0 aliphatic rings. The van der Waals surface area contributed by atoms with Gasteiger partial charge >= 0.3 is 0 Å². The van der Waals surface area contributed by atoms with Crippen LogP contribution in [0.2, 0.25) is 0 Å². The second-order valence-electron chi connectivity index (χ2n) is 4.77. The van der Waals surface area contributed by atoms with Crippen molar-refractivity contribution in [3.8, 4) is 0 Å². The topological polar surface area (TPSA) is 42.0 Å². The number of nitrogens with one attached hydrogen (secondary N) is 1. The highest BCUT2D eigenvalue weighted by Crippen LogP contribution is 2.24. The van der Waals surface area contributed by atoms with Gasteiger partial charge in [-0.2, -0.15) is 0 Å². The van der Waals surface area contributed by atoms with Crippen molar-refractivity contribution in [2.45, 2.75) is 5.75 Å². The molecule has 2 aromatic carbocycles. The zero-order valence-corrected chi connectivity index (χ0v) is 13.5. The lowest BCUT2D eigenvalue weighted by Crippen LogP contribution is -2.14. The van der Waals surface area contributed by atoms with E-state index in [1.165, 1.54) is 11.8 Å². The minimum absolute atomic E-state index is 0.119. The van der Waals surface area contributed by atoms with Crippen LogP contribution in [0.1, 0.15) is 5.01 Å². The average molecular weight is 350 g/mol. The Labute approximate surface area is 139 Å². The lowest BCUT2D eigenvalue weighted by atomic mass is 10.3. The summed E-state index contributed by atoms with van der Waals surface area (Å²) in [5.74, 6) is -0.941. The van der Waals surface area contributed by atoms with Gasteiger partial charge in [0.25, 0.3) is 0 Å². The Bertz CT molecular complexity index is 798. The van der Waals surface area contributed by atoms with Crippen molar-refractivity contribution in [1.82, 2.24) is 4.98 Å². The highest BCUT2D eigenvalue weighted by atomic mass is 32.2. The molecule has 0 aliphatic heterocycles. The van der Waals surface area contributed by atoms with Crippen LogP contribution in [0.15, 0.2) is 42.5 Å². The summed E-state index contributed by atoms with van der Waals surface area (Å²) >= 11 is 3.00. The highest BCUT2D eigenvalue weighted by molar-refractivity contribution is 7.99. The predicted molar refractivity (Wildman–Crippen MR) is 90.8 cm³/mol. The van der Waals surface area contributed by atoms with Crippen molar-refractivity contribution in [3.05, 3.63) is 59.1 Å². The third-order valence-corrected chi connectivity index (χ3v) is 5.11. The van der Waals surface area contributed by atoms with Crippen LogP contribution >= 0.6 is 23.1 Å². The molecule has 3 aromatic rings. The second kappa shape index (κ2) is 7.06. The van der Waals surface area contributed by atoms with Crippen molar-refractivity contribution in [1.29, 1.82) is 0 Å². The van der Waals surface area contributed by atoms with E-state index in [0.717, 1.165) is 33.4 Å². The third kappa shape index (κ3) is 4.27. The van der Waals surface area contributed by atoms with Gasteiger partial charge in [-0.25, -0.2) is 13.8 Å². The molecule has 0 aliphatic carbocycles. The van der Waals surface area contributed by atoms with Crippen molar-refractivity contribution >= 4 is 44.9 Å². The number of rotatable bonds is 5. The fourth-order valence-electron chi connectivity index (χ4n) is 2.04. The van der Waals surface area contributed by atoms with E-state index in [4.69, 9.17) is 0 Å². The van der Waals surface area contributed by atoms with Crippen LogP contribution in [0.3, 0.4) is 0 Å². The van der Waals surface area contributed by atoms with Crippen LogP contribution in [0.25, 0.3) is 10.2 Å². The van der Waals surface area contributed by atoms with Crippen LogP contribution in [-0.4, -0.2) is 16.6 Å². The number of hydrogen-bond acceptors (Lipinski definition) is 4. The lowest BCUT2D eigenvalue weighted by Gasteiger charge is -2.05. The summed E-state index contributed by atoms with van der Waals surface area (Å²) in [7, 11) is 0. The van der Waals surface area contributed by atoms with E-state index in [2.05, 4.69) is 10.3 Å². The Hall–Kier alpha value is -1.99. The number of fused-ring (bicyclic) bond motifs is 1. The first-order valence-electron chi connectivity index (χ1n) is 6.78. The zero-order valence-electron chi connectivity index (χ0n) is 11.9.